The first kappa shape index (κ1) is 15.0. The maximum atomic E-state index is 11.7. The number of aldehydes is 1. The Morgan fingerprint density at radius 2 is 2.00 bits per heavy atom. The summed E-state index contributed by atoms with van der Waals surface area (Å²) in [5, 5.41) is 9.79. The fourth-order valence-corrected chi connectivity index (χ4v) is 1.83. The van der Waals surface area contributed by atoms with E-state index in [1.807, 2.05) is 0 Å². The molecule has 1 aromatic rings. The van der Waals surface area contributed by atoms with Crippen molar-refractivity contribution in [2.75, 3.05) is 6.61 Å². The summed E-state index contributed by atoms with van der Waals surface area (Å²) in [6, 6.07) is 4.65. The van der Waals surface area contributed by atoms with Gasteiger partial charge in [-0.05, 0) is 18.6 Å². The van der Waals surface area contributed by atoms with Crippen LogP contribution in [0.4, 0.5) is 0 Å². The van der Waals surface area contributed by atoms with Gasteiger partial charge in [-0.15, -0.1) is 0 Å². The van der Waals surface area contributed by atoms with Gasteiger partial charge in [-0.1, -0.05) is 29.3 Å². The molecule has 0 aliphatic carbocycles. The summed E-state index contributed by atoms with van der Waals surface area (Å²) in [6.45, 7) is -0.200. The minimum Gasteiger partial charge on any atom is -0.459 e. The summed E-state index contributed by atoms with van der Waals surface area (Å²) in [5.74, 6) is -0.698. The Balaban J connectivity index is 2.58. The number of hydrogen-bond donors (Lipinski definition) is 1. The third-order valence-electron chi connectivity index (χ3n) is 2.19. The summed E-state index contributed by atoms with van der Waals surface area (Å²) >= 11 is 11.7. The lowest BCUT2D eigenvalue weighted by Crippen LogP contribution is -2.19. The minimum absolute atomic E-state index is 0.0726. The predicted octanol–water partition coefficient (Wildman–Crippen LogP) is 2.49. The van der Waals surface area contributed by atoms with Crippen molar-refractivity contribution in [2.24, 2.45) is 0 Å². The molecule has 0 spiro atoms. The molecule has 1 N–H and O–H groups in total. The lowest BCUT2D eigenvalue weighted by molar-refractivity contribution is -0.108. The van der Waals surface area contributed by atoms with Crippen LogP contribution in [0, 0.1) is 0 Å². The molecule has 0 aliphatic heterocycles. The summed E-state index contributed by atoms with van der Waals surface area (Å²) in [7, 11) is 0. The van der Waals surface area contributed by atoms with Crippen molar-refractivity contribution in [1.29, 1.82) is 0 Å². The number of ether oxygens (including phenoxy) is 1. The van der Waals surface area contributed by atoms with E-state index in [2.05, 4.69) is 0 Å². The van der Waals surface area contributed by atoms with Crippen LogP contribution in [0.25, 0.3) is 0 Å². The predicted molar refractivity (Wildman–Crippen MR) is 68.0 cm³/mol. The SMILES string of the molecule is O=CCCC(O)COC(=O)c1c(Cl)cccc1Cl. The molecule has 0 radical (unpaired) electrons. The van der Waals surface area contributed by atoms with Gasteiger partial charge in [0.15, 0.2) is 0 Å². The van der Waals surface area contributed by atoms with E-state index in [1.165, 1.54) is 12.1 Å². The molecular weight excluding hydrogens is 279 g/mol. The van der Waals surface area contributed by atoms with Gasteiger partial charge >= 0.3 is 5.97 Å². The van der Waals surface area contributed by atoms with Crippen LogP contribution in [-0.2, 0) is 9.53 Å². The molecule has 4 nitrogen and oxygen atoms in total. The molecule has 1 rings (SSSR count). The van der Waals surface area contributed by atoms with Gasteiger partial charge in [0.05, 0.1) is 21.7 Å². The molecule has 0 saturated heterocycles. The molecular formula is C12H12Cl2O4. The van der Waals surface area contributed by atoms with Gasteiger partial charge in [0.1, 0.15) is 12.9 Å². The second-order valence-electron chi connectivity index (χ2n) is 3.59. The molecule has 6 heteroatoms. The van der Waals surface area contributed by atoms with Crippen molar-refractivity contribution >= 4 is 35.5 Å². The topological polar surface area (TPSA) is 63.6 Å². The van der Waals surface area contributed by atoms with Gasteiger partial charge in [-0.3, -0.25) is 0 Å². The van der Waals surface area contributed by atoms with E-state index in [0.29, 0.717) is 6.29 Å². The van der Waals surface area contributed by atoms with E-state index in [0.717, 1.165) is 0 Å². The van der Waals surface area contributed by atoms with Crippen LogP contribution >= 0.6 is 23.2 Å². The third-order valence-corrected chi connectivity index (χ3v) is 2.82. The fraction of sp³-hybridized carbons (Fsp3) is 0.333. The van der Waals surface area contributed by atoms with Crippen LogP contribution in [0.2, 0.25) is 10.0 Å². The van der Waals surface area contributed by atoms with Crippen molar-refractivity contribution in [3.8, 4) is 0 Å². The normalized spacial score (nSPS) is 11.9. The summed E-state index contributed by atoms with van der Waals surface area (Å²) in [5.41, 5.74) is 0.0726. The van der Waals surface area contributed by atoms with Crippen molar-refractivity contribution < 1.29 is 19.4 Å². The van der Waals surface area contributed by atoms with Gasteiger partial charge in [-0.2, -0.15) is 0 Å². The number of aliphatic hydroxyl groups is 1. The lowest BCUT2D eigenvalue weighted by Gasteiger charge is -2.11. The molecule has 0 fully saturated rings. The molecule has 1 aromatic carbocycles. The lowest BCUT2D eigenvalue weighted by atomic mass is 10.2. The highest BCUT2D eigenvalue weighted by Crippen LogP contribution is 2.24. The summed E-state index contributed by atoms with van der Waals surface area (Å²) < 4.78 is 4.87. The number of benzene rings is 1. The zero-order valence-electron chi connectivity index (χ0n) is 9.44. The van der Waals surface area contributed by atoms with Crippen LogP contribution in [0.5, 0.6) is 0 Å². The van der Waals surface area contributed by atoms with E-state index in [9.17, 15) is 14.7 Å². The molecule has 0 bridgehead atoms. The zero-order chi connectivity index (χ0) is 13.5. The maximum Gasteiger partial charge on any atom is 0.341 e. The number of halogens is 2. The second-order valence-corrected chi connectivity index (χ2v) is 4.41. The molecule has 98 valence electrons. The van der Waals surface area contributed by atoms with Crippen molar-refractivity contribution in [3.63, 3.8) is 0 Å². The Kier molecular flexibility index (Phi) is 6.12. The van der Waals surface area contributed by atoms with Crippen molar-refractivity contribution in [3.05, 3.63) is 33.8 Å². The van der Waals surface area contributed by atoms with Crippen LogP contribution in [0.15, 0.2) is 18.2 Å². The first-order chi connectivity index (χ1) is 8.56. The first-order valence-corrected chi connectivity index (χ1v) is 6.04. The smallest absolute Gasteiger partial charge is 0.341 e. The molecule has 1 unspecified atom stereocenters. The van der Waals surface area contributed by atoms with Crippen molar-refractivity contribution in [2.45, 2.75) is 18.9 Å². The molecule has 0 saturated carbocycles. The second kappa shape index (κ2) is 7.36. The van der Waals surface area contributed by atoms with Crippen LogP contribution in [0.3, 0.4) is 0 Å². The van der Waals surface area contributed by atoms with Gasteiger partial charge in [0.2, 0.25) is 0 Å². The van der Waals surface area contributed by atoms with E-state index >= 15 is 0 Å². The number of hydrogen-bond acceptors (Lipinski definition) is 4. The number of carbonyl (C=O) groups excluding carboxylic acids is 2. The minimum atomic E-state index is -0.875. The van der Waals surface area contributed by atoms with Crippen LogP contribution in [0.1, 0.15) is 23.2 Å². The number of esters is 1. The fourth-order valence-electron chi connectivity index (χ4n) is 1.28. The molecule has 1 atom stereocenters. The monoisotopic (exact) mass is 290 g/mol. The van der Waals surface area contributed by atoms with Gasteiger partial charge in [0.25, 0.3) is 0 Å². The third kappa shape index (κ3) is 4.29. The Bertz CT molecular complexity index is 414. The average Bonchev–Trinajstić information content (AvgIpc) is 2.33. The highest BCUT2D eigenvalue weighted by Gasteiger charge is 2.17. The molecule has 0 amide bonds. The van der Waals surface area contributed by atoms with E-state index < -0.39 is 12.1 Å². The Morgan fingerprint density at radius 1 is 1.39 bits per heavy atom. The quantitative estimate of drug-likeness (QED) is 0.646. The maximum absolute atomic E-state index is 11.7. The summed E-state index contributed by atoms with van der Waals surface area (Å²) in [6.07, 6.45) is 0.273. The number of rotatable bonds is 6. The first-order valence-electron chi connectivity index (χ1n) is 5.29. The molecule has 0 aromatic heterocycles. The number of carbonyl (C=O) groups is 2. The van der Waals surface area contributed by atoms with Gasteiger partial charge < -0.3 is 14.6 Å². The van der Waals surface area contributed by atoms with Crippen LogP contribution in [-0.4, -0.2) is 30.1 Å². The van der Waals surface area contributed by atoms with E-state index in [4.69, 9.17) is 27.9 Å². The standard InChI is InChI=1S/C12H12Cl2O4/c13-9-4-1-5-10(14)11(9)12(17)18-7-8(16)3-2-6-15/h1,4-6,8,16H,2-3,7H2. The largest absolute Gasteiger partial charge is 0.459 e. The molecule has 18 heavy (non-hydrogen) atoms. The Hall–Kier alpha value is -1.10. The average molecular weight is 291 g/mol. The van der Waals surface area contributed by atoms with E-state index in [1.54, 1.807) is 6.07 Å². The van der Waals surface area contributed by atoms with Crippen LogP contribution < -0.4 is 0 Å². The highest BCUT2D eigenvalue weighted by atomic mass is 35.5. The zero-order valence-corrected chi connectivity index (χ0v) is 10.9. The van der Waals surface area contributed by atoms with Crippen molar-refractivity contribution in [1.82, 2.24) is 0 Å². The summed E-state index contributed by atoms with van der Waals surface area (Å²) in [4.78, 5) is 21.8. The van der Waals surface area contributed by atoms with Gasteiger partial charge in [-0.25, -0.2) is 4.79 Å². The number of aliphatic hydroxyl groups excluding tert-OH is 1. The molecule has 0 aliphatic rings. The highest BCUT2D eigenvalue weighted by molar-refractivity contribution is 6.39. The Morgan fingerprint density at radius 3 is 2.56 bits per heavy atom. The Labute approximate surface area is 114 Å². The van der Waals surface area contributed by atoms with E-state index in [-0.39, 0.29) is 35.1 Å². The molecule has 0 heterocycles. The van der Waals surface area contributed by atoms with Gasteiger partial charge in [0, 0.05) is 6.42 Å².